The molecule has 1 aliphatic heterocycles. The van der Waals surface area contributed by atoms with Crippen LogP contribution in [0.5, 0.6) is 0 Å². The molecule has 0 saturated carbocycles. The van der Waals surface area contributed by atoms with E-state index in [-0.39, 0.29) is 5.41 Å². The van der Waals surface area contributed by atoms with Gasteiger partial charge < -0.3 is 4.74 Å². The number of hydrogen-bond donors (Lipinski definition) is 0. The Morgan fingerprint density at radius 1 is 1.00 bits per heavy atom. The molecule has 1 fully saturated rings. The van der Waals surface area contributed by atoms with Crippen LogP contribution in [0.15, 0.2) is 24.3 Å². The lowest BCUT2D eigenvalue weighted by molar-refractivity contribution is 0.0853. The first-order valence-electron chi connectivity index (χ1n) is 6.25. The van der Waals surface area contributed by atoms with Gasteiger partial charge in [-0.1, -0.05) is 45.0 Å². The Balaban J connectivity index is 2.12. The Kier molecular flexibility index (Phi) is 3.34. The minimum Gasteiger partial charge on any atom is -0.381 e. The van der Waals surface area contributed by atoms with E-state index in [9.17, 15) is 0 Å². The zero-order chi connectivity index (χ0) is 11.6. The second kappa shape index (κ2) is 4.58. The van der Waals surface area contributed by atoms with Gasteiger partial charge in [-0.25, -0.2) is 0 Å². The Morgan fingerprint density at radius 2 is 1.56 bits per heavy atom. The summed E-state index contributed by atoms with van der Waals surface area (Å²) in [4.78, 5) is 0. The van der Waals surface area contributed by atoms with Gasteiger partial charge >= 0.3 is 0 Å². The van der Waals surface area contributed by atoms with Gasteiger partial charge in [0, 0.05) is 13.2 Å². The molecule has 1 heteroatoms. The summed E-state index contributed by atoms with van der Waals surface area (Å²) in [6, 6.07) is 9.17. The van der Waals surface area contributed by atoms with Crippen LogP contribution in [0.3, 0.4) is 0 Å². The van der Waals surface area contributed by atoms with Gasteiger partial charge in [-0.15, -0.1) is 0 Å². The predicted molar refractivity (Wildman–Crippen MR) is 67.9 cm³/mol. The molecule has 0 amide bonds. The van der Waals surface area contributed by atoms with Crippen molar-refractivity contribution in [1.29, 1.82) is 0 Å². The van der Waals surface area contributed by atoms with E-state index in [4.69, 9.17) is 4.74 Å². The Morgan fingerprint density at radius 3 is 2.06 bits per heavy atom. The van der Waals surface area contributed by atoms with Crippen LogP contribution in [0.25, 0.3) is 0 Å². The van der Waals surface area contributed by atoms with Crippen LogP contribution in [0.2, 0.25) is 0 Å². The van der Waals surface area contributed by atoms with Gasteiger partial charge in [0.05, 0.1) is 0 Å². The second-order valence-electron chi connectivity index (χ2n) is 5.76. The van der Waals surface area contributed by atoms with Gasteiger partial charge in [-0.2, -0.15) is 0 Å². The standard InChI is InChI=1S/C15H22O/c1-15(2,3)14-6-4-12(5-7-14)13-8-10-16-11-9-13/h4-7,13H,8-11H2,1-3H3. The molecule has 1 heterocycles. The fraction of sp³-hybridized carbons (Fsp3) is 0.600. The molecule has 0 bridgehead atoms. The van der Waals surface area contributed by atoms with Crippen LogP contribution >= 0.6 is 0 Å². The zero-order valence-electron chi connectivity index (χ0n) is 10.6. The van der Waals surface area contributed by atoms with E-state index in [1.807, 2.05) is 0 Å². The van der Waals surface area contributed by atoms with E-state index in [1.165, 1.54) is 24.0 Å². The van der Waals surface area contributed by atoms with Gasteiger partial charge in [0.1, 0.15) is 0 Å². The van der Waals surface area contributed by atoms with E-state index >= 15 is 0 Å². The van der Waals surface area contributed by atoms with E-state index in [1.54, 1.807) is 0 Å². The van der Waals surface area contributed by atoms with Crippen molar-refractivity contribution in [3.63, 3.8) is 0 Å². The highest BCUT2D eigenvalue weighted by Crippen LogP contribution is 2.29. The molecule has 1 aromatic carbocycles. The lowest BCUT2D eigenvalue weighted by Gasteiger charge is -2.24. The highest BCUT2D eigenvalue weighted by Gasteiger charge is 2.17. The van der Waals surface area contributed by atoms with Crippen LogP contribution in [0.4, 0.5) is 0 Å². The van der Waals surface area contributed by atoms with E-state index in [0.717, 1.165) is 13.2 Å². The molecule has 0 unspecified atom stereocenters. The predicted octanol–water partition coefficient (Wildman–Crippen LogP) is 3.88. The molecule has 1 aliphatic rings. The van der Waals surface area contributed by atoms with Gasteiger partial charge in [0.25, 0.3) is 0 Å². The highest BCUT2D eigenvalue weighted by molar-refractivity contribution is 5.29. The molecular formula is C15H22O. The summed E-state index contributed by atoms with van der Waals surface area (Å²) < 4.78 is 5.40. The summed E-state index contributed by atoms with van der Waals surface area (Å²) in [5.74, 6) is 0.711. The van der Waals surface area contributed by atoms with Crippen molar-refractivity contribution in [2.24, 2.45) is 0 Å². The van der Waals surface area contributed by atoms with Gasteiger partial charge in [-0.05, 0) is 35.3 Å². The maximum Gasteiger partial charge on any atom is 0.0471 e. The SMILES string of the molecule is CC(C)(C)c1ccc(C2CCOCC2)cc1. The summed E-state index contributed by atoms with van der Waals surface area (Å²) in [6.45, 7) is 8.63. The minimum atomic E-state index is 0.258. The van der Waals surface area contributed by atoms with Crippen molar-refractivity contribution >= 4 is 0 Å². The number of hydrogen-bond acceptors (Lipinski definition) is 1. The first-order valence-corrected chi connectivity index (χ1v) is 6.25. The topological polar surface area (TPSA) is 9.23 Å². The van der Waals surface area contributed by atoms with Crippen molar-refractivity contribution in [2.45, 2.75) is 44.9 Å². The first-order chi connectivity index (χ1) is 7.57. The monoisotopic (exact) mass is 218 g/mol. The van der Waals surface area contributed by atoms with Gasteiger partial charge in [-0.3, -0.25) is 0 Å². The van der Waals surface area contributed by atoms with Crippen LogP contribution in [-0.2, 0) is 10.2 Å². The van der Waals surface area contributed by atoms with E-state index in [0.29, 0.717) is 5.92 Å². The molecule has 0 spiro atoms. The average Bonchev–Trinajstić information content (AvgIpc) is 2.29. The summed E-state index contributed by atoms with van der Waals surface area (Å²) in [6.07, 6.45) is 2.35. The normalized spacial score (nSPS) is 18.7. The molecular weight excluding hydrogens is 196 g/mol. The van der Waals surface area contributed by atoms with Crippen LogP contribution in [-0.4, -0.2) is 13.2 Å². The third-order valence-electron chi connectivity index (χ3n) is 3.47. The average molecular weight is 218 g/mol. The van der Waals surface area contributed by atoms with Crippen molar-refractivity contribution in [2.75, 3.05) is 13.2 Å². The van der Waals surface area contributed by atoms with Crippen molar-refractivity contribution < 1.29 is 4.74 Å². The zero-order valence-corrected chi connectivity index (χ0v) is 10.6. The Labute approximate surface area is 98.8 Å². The lowest BCUT2D eigenvalue weighted by atomic mass is 9.84. The van der Waals surface area contributed by atoms with Crippen LogP contribution in [0.1, 0.15) is 50.7 Å². The summed E-state index contributed by atoms with van der Waals surface area (Å²) in [5.41, 5.74) is 3.16. The molecule has 1 saturated heterocycles. The molecule has 2 rings (SSSR count). The molecule has 0 aliphatic carbocycles. The maximum absolute atomic E-state index is 5.40. The van der Waals surface area contributed by atoms with Crippen molar-refractivity contribution in [3.8, 4) is 0 Å². The number of ether oxygens (including phenoxy) is 1. The van der Waals surface area contributed by atoms with Crippen molar-refractivity contribution in [1.82, 2.24) is 0 Å². The highest BCUT2D eigenvalue weighted by atomic mass is 16.5. The summed E-state index contributed by atoms with van der Waals surface area (Å²) >= 11 is 0. The van der Waals surface area contributed by atoms with Gasteiger partial charge in [0.2, 0.25) is 0 Å². The van der Waals surface area contributed by atoms with E-state index in [2.05, 4.69) is 45.0 Å². The number of rotatable bonds is 1. The molecule has 16 heavy (non-hydrogen) atoms. The van der Waals surface area contributed by atoms with E-state index < -0.39 is 0 Å². The fourth-order valence-corrected chi connectivity index (χ4v) is 2.29. The smallest absolute Gasteiger partial charge is 0.0471 e. The molecule has 0 radical (unpaired) electrons. The van der Waals surface area contributed by atoms with Crippen molar-refractivity contribution in [3.05, 3.63) is 35.4 Å². The molecule has 0 aromatic heterocycles. The molecule has 0 N–H and O–H groups in total. The van der Waals surface area contributed by atoms with Gasteiger partial charge in [0.15, 0.2) is 0 Å². The maximum atomic E-state index is 5.40. The van der Waals surface area contributed by atoms with Crippen LogP contribution < -0.4 is 0 Å². The quantitative estimate of drug-likeness (QED) is 0.695. The minimum absolute atomic E-state index is 0.258. The Bertz CT molecular complexity index is 325. The van der Waals surface area contributed by atoms with Crippen LogP contribution in [0, 0.1) is 0 Å². The second-order valence-corrected chi connectivity index (χ2v) is 5.76. The largest absolute Gasteiger partial charge is 0.381 e. The Hall–Kier alpha value is -0.820. The third-order valence-corrected chi connectivity index (χ3v) is 3.47. The summed E-state index contributed by atoms with van der Waals surface area (Å²) in [5, 5.41) is 0. The molecule has 88 valence electrons. The molecule has 1 aromatic rings. The fourth-order valence-electron chi connectivity index (χ4n) is 2.29. The summed E-state index contributed by atoms with van der Waals surface area (Å²) in [7, 11) is 0. The first kappa shape index (κ1) is 11.7. The molecule has 0 atom stereocenters. The lowest BCUT2D eigenvalue weighted by Crippen LogP contribution is -2.15. The third kappa shape index (κ3) is 2.65. The molecule has 1 nitrogen and oxygen atoms in total. The number of benzene rings is 1.